The molecular weight excluding hydrogens is 432 g/mol. The van der Waals surface area contributed by atoms with Gasteiger partial charge in [-0.1, -0.05) is 60.4 Å². The topological polar surface area (TPSA) is 86.9 Å². The van der Waals surface area contributed by atoms with Gasteiger partial charge in [0.25, 0.3) is 11.5 Å². The summed E-state index contributed by atoms with van der Waals surface area (Å²) in [5.41, 5.74) is 1.54. The molecule has 1 aliphatic rings. The van der Waals surface area contributed by atoms with Gasteiger partial charge in [-0.15, -0.1) is 0 Å². The number of nitrogens with one attached hydrogen (secondary N) is 1. The standard InChI is InChI=1S/C22H20N4O3S2/c27-13-10-23-19-16(20(28)25-11-5-4-8-18(25)24-19)14-17-21(29)26(22(30)31-17)12-9-15-6-2-1-3-7-15/h1-8,11,14,23,27H,9-10,12-13H2/b17-14+. The van der Waals surface area contributed by atoms with E-state index in [0.717, 1.165) is 5.56 Å². The molecule has 0 aliphatic carbocycles. The molecule has 1 amide bonds. The lowest BCUT2D eigenvalue weighted by atomic mass is 10.1. The molecule has 31 heavy (non-hydrogen) atoms. The van der Waals surface area contributed by atoms with Crippen LogP contribution in [0.4, 0.5) is 5.82 Å². The molecule has 9 heteroatoms. The third kappa shape index (κ3) is 4.53. The Kier molecular flexibility index (Phi) is 6.45. The minimum absolute atomic E-state index is 0.114. The van der Waals surface area contributed by atoms with E-state index in [0.29, 0.717) is 33.7 Å². The van der Waals surface area contributed by atoms with Gasteiger partial charge in [-0.05, 0) is 30.2 Å². The number of aliphatic hydroxyl groups is 1. The molecule has 0 spiro atoms. The van der Waals surface area contributed by atoms with Crippen molar-refractivity contribution in [3.63, 3.8) is 0 Å². The number of hydrogen-bond acceptors (Lipinski definition) is 7. The number of nitrogens with zero attached hydrogens (tertiary/aromatic N) is 3. The van der Waals surface area contributed by atoms with Crippen LogP contribution in [0, 0.1) is 0 Å². The fourth-order valence-corrected chi connectivity index (χ4v) is 4.54. The van der Waals surface area contributed by atoms with E-state index in [1.165, 1.54) is 22.2 Å². The number of amides is 1. The van der Waals surface area contributed by atoms with E-state index in [1.807, 2.05) is 30.3 Å². The molecule has 3 aromatic rings. The van der Waals surface area contributed by atoms with Crippen LogP contribution in [-0.4, -0.2) is 49.3 Å². The number of pyridine rings is 1. The Morgan fingerprint density at radius 2 is 1.90 bits per heavy atom. The lowest BCUT2D eigenvalue weighted by Crippen LogP contribution is -2.30. The van der Waals surface area contributed by atoms with Gasteiger partial charge in [0.2, 0.25) is 0 Å². The van der Waals surface area contributed by atoms with Gasteiger partial charge in [0.1, 0.15) is 15.8 Å². The highest BCUT2D eigenvalue weighted by Gasteiger charge is 2.32. The Morgan fingerprint density at radius 3 is 2.68 bits per heavy atom. The molecule has 0 unspecified atom stereocenters. The van der Waals surface area contributed by atoms with Gasteiger partial charge < -0.3 is 10.4 Å². The third-order valence-corrected chi connectivity index (χ3v) is 6.17. The van der Waals surface area contributed by atoms with Crippen molar-refractivity contribution < 1.29 is 9.90 Å². The van der Waals surface area contributed by atoms with Gasteiger partial charge in [0.15, 0.2) is 0 Å². The van der Waals surface area contributed by atoms with Crippen LogP contribution < -0.4 is 10.9 Å². The summed E-state index contributed by atoms with van der Waals surface area (Å²) < 4.78 is 1.89. The monoisotopic (exact) mass is 452 g/mol. The second kappa shape index (κ2) is 9.42. The predicted octanol–water partition coefficient (Wildman–Crippen LogP) is 2.54. The van der Waals surface area contributed by atoms with E-state index in [-0.39, 0.29) is 30.2 Å². The lowest BCUT2D eigenvalue weighted by Gasteiger charge is -2.14. The Labute approximate surface area is 188 Å². The molecular formula is C22H20N4O3S2. The molecule has 158 valence electrons. The first-order chi connectivity index (χ1) is 15.1. The second-order valence-electron chi connectivity index (χ2n) is 6.83. The van der Waals surface area contributed by atoms with Crippen LogP contribution in [0.5, 0.6) is 0 Å². The SMILES string of the molecule is O=C1/C(=C\c2c(NCCO)nc3ccccn3c2=O)SC(=S)N1CCc1ccccc1. The molecule has 0 bridgehead atoms. The molecule has 3 heterocycles. The number of aliphatic hydroxyl groups excluding tert-OH is 1. The van der Waals surface area contributed by atoms with Crippen molar-refractivity contribution in [3.05, 3.63) is 81.1 Å². The first kappa shape index (κ1) is 21.2. The van der Waals surface area contributed by atoms with E-state index >= 15 is 0 Å². The summed E-state index contributed by atoms with van der Waals surface area (Å²) in [6.07, 6.45) is 3.85. The van der Waals surface area contributed by atoms with Crippen LogP contribution in [0.15, 0.2) is 64.4 Å². The van der Waals surface area contributed by atoms with Crippen LogP contribution in [0.25, 0.3) is 11.7 Å². The van der Waals surface area contributed by atoms with Gasteiger partial charge in [0.05, 0.1) is 17.1 Å². The van der Waals surface area contributed by atoms with Crippen molar-refractivity contribution >= 4 is 51.7 Å². The summed E-state index contributed by atoms with van der Waals surface area (Å²) in [4.78, 5) is 32.5. The van der Waals surface area contributed by atoms with Gasteiger partial charge in [-0.25, -0.2) is 4.98 Å². The second-order valence-corrected chi connectivity index (χ2v) is 8.50. The Balaban J connectivity index is 1.66. The number of carbonyl (C=O) groups is 1. The highest BCUT2D eigenvalue weighted by molar-refractivity contribution is 8.26. The molecule has 2 aromatic heterocycles. The summed E-state index contributed by atoms with van der Waals surface area (Å²) >= 11 is 6.59. The fourth-order valence-electron chi connectivity index (χ4n) is 3.25. The van der Waals surface area contributed by atoms with Crippen molar-refractivity contribution in [2.75, 3.05) is 25.0 Å². The van der Waals surface area contributed by atoms with Crippen molar-refractivity contribution in [2.24, 2.45) is 0 Å². The number of thiocarbonyl (C=S) groups is 1. The van der Waals surface area contributed by atoms with E-state index in [9.17, 15) is 14.7 Å². The van der Waals surface area contributed by atoms with Gasteiger partial charge >= 0.3 is 0 Å². The van der Waals surface area contributed by atoms with Crippen molar-refractivity contribution in [1.29, 1.82) is 0 Å². The van der Waals surface area contributed by atoms with Crippen LogP contribution in [0.2, 0.25) is 0 Å². The number of anilines is 1. The summed E-state index contributed by atoms with van der Waals surface area (Å²) in [5, 5.41) is 12.1. The Hall–Kier alpha value is -3.01. The molecule has 0 radical (unpaired) electrons. The van der Waals surface area contributed by atoms with Gasteiger partial charge in [-0.3, -0.25) is 18.9 Å². The first-order valence-electron chi connectivity index (χ1n) is 9.74. The van der Waals surface area contributed by atoms with Crippen molar-refractivity contribution in [1.82, 2.24) is 14.3 Å². The number of hydrogen-bond donors (Lipinski definition) is 2. The largest absolute Gasteiger partial charge is 0.395 e. The molecule has 1 aromatic carbocycles. The van der Waals surface area contributed by atoms with Crippen LogP contribution in [0.1, 0.15) is 11.1 Å². The number of aromatic nitrogens is 2. The number of carbonyl (C=O) groups excluding carboxylic acids is 1. The zero-order valence-corrected chi connectivity index (χ0v) is 18.2. The van der Waals surface area contributed by atoms with E-state index < -0.39 is 0 Å². The Bertz CT molecular complexity index is 1220. The van der Waals surface area contributed by atoms with Crippen LogP contribution in [0.3, 0.4) is 0 Å². The molecule has 0 saturated carbocycles. The average molecular weight is 453 g/mol. The Morgan fingerprint density at radius 1 is 1.13 bits per heavy atom. The maximum absolute atomic E-state index is 13.1. The van der Waals surface area contributed by atoms with Crippen LogP contribution in [-0.2, 0) is 11.2 Å². The van der Waals surface area contributed by atoms with E-state index in [4.69, 9.17) is 12.2 Å². The quantitative estimate of drug-likeness (QED) is 0.421. The third-order valence-electron chi connectivity index (χ3n) is 4.79. The molecule has 4 rings (SSSR count). The molecule has 7 nitrogen and oxygen atoms in total. The van der Waals surface area contributed by atoms with E-state index in [1.54, 1.807) is 29.3 Å². The summed E-state index contributed by atoms with van der Waals surface area (Å²) in [6, 6.07) is 15.1. The summed E-state index contributed by atoms with van der Waals surface area (Å²) in [5.74, 6) is 0.0939. The summed E-state index contributed by atoms with van der Waals surface area (Å²) in [6.45, 7) is 0.585. The highest BCUT2D eigenvalue weighted by Crippen LogP contribution is 2.33. The first-order valence-corrected chi connectivity index (χ1v) is 11.0. The molecule has 2 N–H and O–H groups in total. The van der Waals surface area contributed by atoms with Gasteiger partial charge in [0, 0.05) is 19.3 Å². The van der Waals surface area contributed by atoms with Crippen LogP contribution >= 0.6 is 24.0 Å². The molecule has 1 aliphatic heterocycles. The molecule has 0 atom stereocenters. The smallest absolute Gasteiger partial charge is 0.267 e. The maximum atomic E-state index is 13.1. The minimum Gasteiger partial charge on any atom is -0.395 e. The normalized spacial score (nSPS) is 15.3. The zero-order chi connectivity index (χ0) is 21.8. The zero-order valence-electron chi connectivity index (χ0n) is 16.5. The molecule has 1 saturated heterocycles. The number of thioether (sulfide) groups is 1. The van der Waals surface area contributed by atoms with Gasteiger partial charge in [-0.2, -0.15) is 0 Å². The summed E-state index contributed by atoms with van der Waals surface area (Å²) in [7, 11) is 0. The highest BCUT2D eigenvalue weighted by atomic mass is 32.2. The minimum atomic E-state index is -0.305. The number of rotatable bonds is 7. The lowest BCUT2D eigenvalue weighted by molar-refractivity contribution is -0.122. The van der Waals surface area contributed by atoms with Crippen molar-refractivity contribution in [2.45, 2.75) is 6.42 Å². The predicted molar refractivity (Wildman–Crippen MR) is 127 cm³/mol. The maximum Gasteiger partial charge on any atom is 0.267 e. The van der Waals surface area contributed by atoms with Crippen molar-refractivity contribution in [3.8, 4) is 0 Å². The number of fused-ring (bicyclic) bond motifs is 1. The number of benzene rings is 1. The fraction of sp³-hybridized carbons (Fsp3) is 0.182. The van der Waals surface area contributed by atoms with E-state index in [2.05, 4.69) is 10.3 Å². The molecule has 1 fully saturated rings. The average Bonchev–Trinajstić information content (AvgIpc) is 3.06.